The van der Waals surface area contributed by atoms with E-state index in [9.17, 15) is 13.2 Å². The summed E-state index contributed by atoms with van der Waals surface area (Å²) in [5.41, 5.74) is 0.739. The van der Waals surface area contributed by atoms with E-state index in [0.29, 0.717) is 12.1 Å². The quantitative estimate of drug-likeness (QED) is 0.915. The van der Waals surface area contributed by atoms with Crippen molar-refractivity contribution >= 4 is 5.69 Å². The summed E-state index contributed by atoms with van der Waals surface area (Å²) in [5.74, 6) is 0. The highest BCUT2D eigenvalue weighted by atomic mass is 19.4. The van der Waals surface area contributed by atoms with Gasteiger partial charge in [0.1, 0.15) is 0 Å². The average molecular weight is 283 g/mol. The third-order valence-corrected chi connectivity index (χ3v) is 2.88. The summed E-state index contributed by atoms with van der Waals surface area (Å²) >= 11 is 0. The third kappa shape index (κ3) is 3.53. The molecule has 1 N–H and O–H groups in total. The van der Waals surface area contributed by atoms with Gasteiger partial charge < -0.3 is 5.32 Å². The molecule has 1 heterocycles. The zero-order chi connectivity index (χ0) is 14.8. The maximum atomic E-state index is 12.6. The van der Waals surface area contributed by atoms with Crippen LogP contribution in [0.4, 0.5) is 18.9 Å². The van der Waals surface area contributed by atoms with Crippen LogP contribution in [-0.4, -0.2) is 9.78 Å². The van der Waals surface area contributed by atoms with Crippen molar-refractivity contribution in [3.05, 3.63) is 47.8 Å². The van der Waals surface area contributed by atoms with E-state index in [1.807, 2.05) is 20.0 Å². The molecule has 6 heteroatoms. The Morgan fingerprint density at radius 2 is 2.05 bits per heavy atom. The molecule has 0 aliphatic heterocycles. The van der Waals surface area contributed by atoms with Crippen molar-refractivity contribution in [1.82, 2.24) is 9.78 Å². The van der Waals surface area contributed by atoms with Gasteiger partial charge in [0.05, 0.1) is 17.4 Å². The second-order valence-corrected chi connectivity index (χ2v) is 4.85. The summed E-state index contributed by atoms with van der Waals surface area (Å²) in [6.45, 7) is 4.33. The molecule has 0 saturated carbocycles. The monoisotopic (exact) mass is 283 g/mol. The molecule has 1 aromatic carbocycles. The molecule has 3 nitrogen and oxygen atoms in total. The second-order valence-electron chi connectivity index (χ2n) is 4.85. The number of alkyl halides is 3. The SMILES string of the molecule is CC(C)n1cc(NCc2cccc(C(F)(F)F)c2)cn1. The lowest BCUT2D eigenvalue weighted by molar-refractivity contribution is -0.137. The third-order valence-electron chi connectivity index (χ3n) is 2.88. The minimum absolute atomic E-state index is 0.249. The molecule has 0 aliphatic rings. The predicted octanol–water partition coefficient (Wildman–Crippen LogP) is 4.09. The van der Waals surface area contributed by atoms with Crippen LogP contribution in [0, 0.1) is 0 Å². The van der Waals surface area contributed by atoms with E-state index in [2.05, 4.69) is 10.4 Å². The number of anilines is 1. The van der Waals surface area contributed by atoms with Crippen molar-refractivity contribution in [1.29, 1.82) is 0 Å². The number of hydrogen-bond donors (Lipinski definition) is 1. The van der Waals surface area contributed by atoms with E-state index in [4.69, 9.17) is 0 Å². The van der Waals surface area contributed by atoms with E-state index < -0.39 is 11.7 Å². The van der Waals surface area contributed by atoms with Crippen LogP contribution in [0.1, 0.15) is 31.0 Å². The van der Waals surface area contributed by atoms with E-state index in [-0.39, 0.29) is 6.04 Å². The Morgan fingerprint density at radius 3 is 2.65 bits per heavy atom. The summed E-state index contributed by atoms with van der Waals surface area (Å²) in [4.78, 5) is 0. The number of hydrogen-bond acceptors (Lipinski definition) is 2. The molecule has 0 saturated heterocycles. The fraction of sp³-hybridized carbons (Fsp3) is 0.357. The molecule has 2 aromatic rings. The first-order valence-electron chi connectivity index (χ1n) is 6.30. The molecule has 0 spiro atoms. The van der Waals surface area contributed by atoms with Gasteiger partial charge in [0, 0.05) is 18.8 Å². The fourth-order valence-electron chi connectivity index (χ4n) is 1.77. The second kappa shape index (κ2) is 5.56. The molecule has 0 atom stereocenters. The number of nitrogens with one attached hydrogen (secondary N) is 1. The normalized spacial score (nSPS) is 11.9. The van der Waals surface area contributed by atoms with E-state index in [1.54, 1.807) is 16.9 Å². The topological polar surface area (TPSA) is 29.9 Å². The van der Waals surface area contributed by atoms with Crippen LogP contribution in [0.2, 0.25) is 0 Å². The summed E-state index contributed by atoms with van der Waals surface area (Å²) in [5, 5.41) is 7.22. The summed E-state index contributed by atoms with van der Waals surface area (Å²) in [7, 11) is 0. The van der Waals surface area contributed by atoms with Crippen LogP contribution in [0.15, 0.2) is 36.7 Å². The lowest BCUT2D eigenvalue weighted by Gasteiger charge is -2.09. The highest BCUT2D eigenvalue weighted by Crippen LogP contribution is 2.29. The van der Waals surface area contributed by atoms with Gasteiger partial charge in [0.25, 0.3) is 0 Å². The van der Waals surface area contributed by atoms with Gasteiger partial charge in [-0.05, 0) is 31.5 Å². The minimum atomic E-state index is -4.31. The molecule has 0 fully saturated rings. The van der Waals surface area contributed by atoms with Crippen LogP contribution < -0.4 is 5.32 Å². The largest absolute Gasteiger partial charge is 0.416 e. The number of aromatic nitrogens is 2. The van der Waals surface area contributed by atoms with E-state index in [1.165, 1.54) is 6.07 Å². The first-order valence-corrected chi connectivity index (χ1v) is 6.30. The van der Waals surface area contributed by atoms with Crippen LogP contribution >= 0.6 is 0 Å². The highest BCUT2D eigenvalue weighted by molar-refractivity contribution is 5.39. The average Bonchev–Trinajstić information content (AvgIpc) is 2.85. The Morgan fingerprint density at radius 1 is 1.30 bits per heavy atom. The molecular formula is C14H16F3N3. The van der Waals surface area contributed by atoms with Gasteiger partial charge in [-0.3, -0.25) is 4.68 Å². The van der Waals surface area contributed by atoms with E-state index >= 15 is 0 Å². The number of rotatable bonds is 4. The Labute approximate surface area is 115 Å². The van der Waals surface area contributed by atoms with Crippen molar-refractivity contribution in [2.45, 2.75) is 32.6 Å². The van der Waals surface area contributed by atoms with Gasteiger partial charge in [-0.15, -0.1) is 0 Å². The summed E-state index contributed by atoms with van der Waals surface area (Å²) < 4.78 is 39.6. The molecule has 0 amide bonds. The van der Waals surface area contributed by atoms with Gasteiger partial charge in [-0.25, -0.2) is 0 Å². The maximum absolute atomic E-state index is 12.6. The summed E-state index contributed by atoms with van der Waals surface area (Å²) in [6, 6.07) is 5.55. The maximum Gasteiger partial charge on any atom is 0.416 e. The predicted molar refractivity (Wildman–Crippen MR) is 71.4 cm³/mol. The molecule has 2 rings (SSSR count). The van der Waals surface area contributed by atoms with Crippen LogP contribution in [0.3, 0.4) is 0 Å². The smallest absolute Gasteiger partial charge is 0.378 e. The van der Waals surface area contributed by atoms with Crippen LogP contribution in [-0.2, 0) is 12.7 Å². The first kappa shape index (κ1) is 14.4. The van der Waals surface area contributed by atoms with Crippen molar-refractivity contribution in [2.75, 3.05) is 5.32 Å². The van der Waals surface area contributed by atoms with Gasteiger partial charge in [0.2, 0.25) is 0 Å². The number of halogens is 3. The molecule has 20 heavy (non-hydrogen) atoms. The zero-order valence-corrected chi connectivity index (χ0v) is 11.3. The molecule has 1 aromatic heterocycles. The van der Waals surface area contributed by atoms with Crippen LogP contribution in [0.5, 0.6) is 0 Å². The zero-order valence-electron chi connectivity index (χ0n) is 11.3. The van der Waals surface area contributed by atoms with Crippen molar-refractivity contribution in [3.8, 4) is 0 Å². The molecule has 0 bridgehead atoms. The lowest BCUT2D eigenvalue weighted by atomic mass is 10.1. The molecule has 0 radical (unpaired) electrons. The standard InChI is InChI=1S/C14H16F3N3/c1-10(2)20-9-13(8-19-20)18-7-11-4-3-5-12(6-11)14(15,16)17/h3-6,8-10,18H,7H2,1-2H3. The summed E-state index contributed by atoms with van der Waals surface area (Å²) in [6.07, 6.45) is -0.815. The lowest BCUT2D eigenvalue weighted by Crippen LogP contribution is -2.06. The minimum Gasteiger partial charge on any atom is -0.378 e. The van der Waals surface area contributed by atoms with Crippen molar-refractivity contribution in [3.63, 3.8) is 0 Å². The number of benzene rings is 1. The van der Waals surface area contributed by atoms with E-state index in [0.717, 1.165) is 17.8 Å². The number of nitrogens with zero attached hydrogens (tertiary/aromatic N) is 2. The van der Waals surface area contributed by atoms with Gasteiger partial charge in [-0.2, -0.15) is 18.3 Å². The van der Waals surface area contributed by atoms with Gasteiger partial charge in [-0.1, -0.05) is 12.1 Å². The molecule has 0 aliphatic carbocycles. The molecule has 0 unspecified atom stereocenters. The van der Waals surface area contributed by atoms with Crippen LogP contribution in [0.25, 0.3) is 0 Å². The van der Waals surface area contributed by atoms with Gasteiger partial charge >= 0.3 is 6.18 Å². The van der Waals surface area contributed by atoms with Gasteiger partial charge in [0.15, 0.2) is 0 Å². The first-order chi connectivity index (χ1) is 9.36. The Bertz CT molecular complexity index is 573. The fourth-order valence-corrected chi connectivity index (χ4v) is 1.77. The Balaban J connectivity index is 2.03. The highest BCUT2D eigenvalue weighted by Gasteiger charge is 2.30. The van der Waals surface area contributed by atoms with Crippen molar-refractivity contribution in [2.24, 2.45) is 0 Å². The Hall–Kier alpha value is -1.98. The molecular weight excluding hydrogens is 267 g/mol. The molecule has 108 valence electrons. The van der Waals surface area contributed by atoms with Crippen molar-refractivity contribution < 1.29 is 13.2 Å². The Kier molecular flexibility index (Phi) is 4.01.